The summed E-state index contributed by atoms with van der Waals surface area (Å²) in [6, 6.07) is 6.09. The summed E-state index contributed by atoms with van der Waals surface area (Å²) in [7, 11) is 0. The second-order valence-corrected chi connectivity index (χ2v) is 4.83. The summed E-state index contributed by atoms with van der Waals surface area (Å²) in [5.74, 6) is 0. The number of halogens is 1. The van der Waals surface area contributed by atoms with Gasteiger partial charge in [0, 0.05) is 12.7 Å². The highest BCUT2D eigenvalue weighted by atomic mass is 35.5. The lowest BCUT2D eigenvalue weighted by Crippen LogP contribution is -2.13. The molecule has 0 saturated heterocycles. The van der Waals surface area contributed by atoms with Crippen molar-refractivity contribution >= 4 is 11.6 Å². The maximum Gasteiger partial charge on any atom is 0.0832 e. The summed E-state index contributed by atoms with van der Waals surface area (Å²) in [5, 5.41) is 8.36. The Hall–Kier alpha value is -1.32. The van der Waals surface area contributed by atoms with E-state index in [1.54, 1.807) is 4.68 Å². The third kappa shape index (κ3) is 3.12. The lowest BCUT2D eigenvalue weighted by molar-refractivity contribution is 0.675. The van der Waals surface area contributed by atoms with E-state index in [4.69, 9.17) is 11.6 Å². The number of nitrogens with zero attached hydrogens (tertiary/aromatic N) is 2. The van der Waals surface area contributed by atoms with Crippen LogP contribution in [-0.2, 0) is 6.54 Å². The molecule has 0 aliphatic rings. The van der Waals surface area contributed by atoms with Gasteiger partial charge < -0.3 is 5.32 Å². The fraction of sp³-hybridized carbons (Fsp3) is 0.357. The molecule has 1 heterocycles. The normalized spacial score (nSPS) is 10.8. The smallest absolute Gasteiger partial charge is 0.0832 e. The van der Waals surface area contributed by atoms with Gasteiger partial charge in [0.05, 0.1) is 16.9 Å². The van der Waals surface area contributed by atoms with Crippen molar-refractivity contribution in [3.8, 4) is 5.69 Å². The highest BCUT2D eigenvalue weighted by Crippen LogP contribution is 2.21. The maximum absolute atomic E-state index is 6.30. The zero-order chi connectivity index (χ0) is 13.0. The number of aryl methyl sites for hydroxylation is 1. The van der Waals surface area contributed by atoms with Crippen molar-refractivity contribution in [1.29, 1.82) is 0 Å². The van der Waals surface area contributed by atoms with Crippen LogP contribution in [0, 0.1) is 6.92 Å². The number of rotatable bonds is 5. The summed E-state index contributed by atoms with van der Waals surface area (Å²) < 4.78 is 1.81. The topological polar surface area (TPSA) is 29.9 Å². The summed E-state index contributed by atoms with van der Waals surface area (Å²) in [5.41, 5.74) is 3.24. The molecule has 0 atom stereocenters. The van der Waals surface area contributed by atoms with Crippen molar-refractivity contribution in [3.63, 3.8) is 0 Å². The Labute approximate surface area is 113 Å². The van der Waals surface area contributed by atoms with E-state index in [0.717, 1.165) is 35.8 Å². The molecule has 1 aromatic heterocycles. The van der Waals surface area contributed by atoms with Crippen molar-refractivity contribution < 1.29 is 0 Å². The standard InChI is InChI=1S/C14H18ClN3/c1-3-6-16-9-12-4-5-14(13(15)7-12)18-10-11(2)8-17-18/h4-5,7-8,10,16H,3,6,9H2,1-2H3. The first-order valence-corrected chi connectivity index (χ1v) is 6.59. The molecule has 0 saturated carbocycles. The second-order valence-electron chi connectivity index (χ2n) is 4.42. The first kappa shape index (κ1) is 13.1. The molecule has 0 aliphatic heterocycles. The molecule has 0 spiro atoms. The minimum absolute atomic E-state index is 0.730. The molecule has 2 aromatic rings. The molecule has 1 aromatic carbocycles. The summed E-state index contributed by atoms with van der Waals surface area (Å²) in [6.45, 7) is 6.05. The number of nitrogens with one attached hydrogen (secondary N) is 1. The van der Waals surface area contributed by atoms with Crippen LogP contribution in [-0.4, -0.2) is 16.3 Å². The van der Waals surface area contributed by atoms with Crippen molar-refractivity contribution in [1.82, 2.24) is 15.1 Å². The third-order valence-corrected chi connectivity index (χ3v) is 3.03. The molecule has 2 rings (SSSR count). The Bertz CT molecular complexity index is 520. The van der Waals surface area contributed by atoms with Gasteiger partial charge in [-0.2, -0.15) is 5.10 Å². The van der Waals surface area contributed by atoms with Gasteiger partial charge in [-0.3, -0.25) is 0 Å². The van der Waals surface area contributed by atoms with E-state index in [9.17, 15) is 0 Å². The Balaban J connectivity index is 2.15. The largest absolute Gasteiger partial charge is 0.313 e. The average Bonchev–Trinajstić information content (AvgIpc) is 2.76. The van der Waals surface area contributed by atoms with Crippen molar-refractivity contribution in [2.75, 3.05) is 6.54 Å². The van der Waals surface area contributed by atoms with Gasteiger partial charge >= 0.3 is 0 Å². The Morgan fingerprint density at radius 2 is 2.22 bits per heavy atom. The van der Waals surface area contributed by atoms with E-state index in [-0.39, 0.29) is 0 Å². The van der Waals surface area contributed by atoms with E-state index in [0.29, 0.717) is 0 Å². The number of benzene rings is 1. The van der Waals surface area contributed by atoms with Crippen molar-refractivity contribution in [2.45, 2.75) is 26.8 Å². The van der Waals surface area contributed by atoms with Gasteiger partial charge in [-0.25, -0.2) is 4.68 Å². The van der Waals surface area contributed by atoms with Gasteiger partial charge in [0.1, 0.15) is 0 Å². The highest BCUT2D eigenvalue weighted by molar-refractivity contribution is 6.32. The Morgan fingerprint density at radius 1 is 1.39 bits per heavy atom. The first-order chi connectivity index (χ1) is 8.70. The average molecular weight is 264 g/mol. The zero-order valence-electron chi connectivity index (χ0n) is 10.8. The lowest BCUT2D eigenvalue weighted by Gasteiger charge is -2.08. The second kappa shape index (κ2) is 6.03. The summed E-state index contributed by atoms with van der Waals surface area (Å²) >= 11 is 6.30. The minimum Gasteiger partial charge on any atom is -0.313 e. The van der Waals surface area contributed by atoms with Crippen LogP contribution in [0.4, 0.5) is 0 Å². The molecule has 0 aliphatic carbocycles. The van der Waals surface area contributed by atoms with Gasteiger partial charge in [0.2, 0.25) is 0 Å². The number of hydrogen-bond acceptors (Lipinski definition) is 2. The predicted octanol–water partition coefficient (Wildman–Crippen LogP) is 3.33. The molecule has 0 unspecified atom stereocenters. The van der Waals surface area contributed by atoms with E-state index in [1.807, 2.05) is 31.5 Å². The van der Waals surface area contributed by atoms with E-state index in [1.165, 1.54) is 5.56 Å². The van der Waals surface area contributed by atoms with Crippen LogP contribution < -0.4 is 5.32 Å². The molecular weight excluding hydrogens is 246 g/mol. The SMILES string of the molecule is CCCNCc1ccc(-n2cc(C)cn2)c(Cl)c1. The number of hydrogen-bond donors (Lipinski definition) is 1. The van der Waals surface area contributed by atoms with Crippen molar-refractivity contribution in [2.24, 2.45) is 0 Å². The van der Waals surface area contributed by atoms with Gasteiger partial charge in [-0.1, -0.05) is 24.6 Å². The zero-order valence-corrected chi connectivity index (χ0v) is 11.5. The first-order valence-electron chi connectivity index (χ1n) is 6.21. The maximum atomic E-state index is 6.30. The molecule has 0 amide bonds. The van der Waals surface area contributed by atoms with Crippen LogP contribution in [0.2, 0.25) is 5.02 Å². The molecule has 0 bridgehead atoms. The monoisotopic (exact) mass is 263 g/mol. The molecule has 4 heteroatoms. The van der Waals surface area contributed by atoms with Crippen LogP contribution in [0.3, 0.4) is 0 Å². The molecule has 3 nitrogen and oxygen atoms in total. The molecular formula is C14H18ClN3. The Kier molecular flexibility index (Phi) is 4.39. The molecule has 1 N–H and O–H groups in total. The summed E-state index contributed by atoms with van der Waals surface area (Å²) in [6.07, 6.45) is 4.93. The lowest BCUT2D eigenvalue weighted by atomic mass is 10.2. The van der Waals surface area contributed by atoms with Crippen LogP contribution in [0.1, 0.15) is 24.5 Å². The van der Waals surface area contributed by atoms with Gasteiger partial charge in [0.15, 0.2) is 0 Å². The van der Waals surface area contributed by atoms with Crippen LogP contribution in [0.5, 0.6) is 0 Å². The summed E-state index contributed by atoms with van der Waals surface area (Å²) in [4.78, 5) is 0. The molecule has 18 heavy (non-hydrogen) atoms. The fourth-order valence-electron chi connectivity index (χ4n) is 1.80. The molecule has 0 radical (unpaired) electrons. The third-order valence-electron chi connectivity index (χ3n) is 2.73. The van der Waals surface area contributed by atoms with Gasteiger partial charge in [-0.15, -0.1) is 0 Å². The highest BCUT2D eigenvalue weighted by Gasteiger charge is 2.05. The fourth-order valence-corrected chi connectivity index (χ4v) is 2.09. The van der Waals surface area contributed by atoms with Crippen LogP contribution in [0.25, 0.3) is 5.69 Å². The van der Waals surface area contributed by atoms with E-state index < -0.39 is 0 Å². The van der Waals surface area contributed by atoms with Crippen LogP contribution in [0.15, 0.2) is 30.6 Å². The molecule has 0 fully saturated rings. The van der Waals surface area contributed by atoms with Crippen LogP contribution >= 0.6 is 11.6 Å². The van der Waals surface area contributed by atoms with E-state index >= 15 is 0 Å². The molecule has 96 valence electrons. The quantitative estimate of drug-likeness (QED) is 0.839. The van der Waals surface area contributed by atoms with E-state index in [2.05, 4.69) is 23.4 Å². The number of aromatic nitrogens is 2. The Morgan fingerprint density at radius 3 is 2.83 bits per heavy atom. The van der Waals surface area contributed by atoms with Gasteiger partial charge in [-0.05, 0) is 43.1 Å². The van der Waals surface area contributed by atoms with Crippen molar-refractivity contribution in [3.05, 3.63) is 46.7 Å². The minimum atomic E-state index is 0.730. The predicted molar refractivity (Wildman–Crippen MR) is 75.3 cm³/mol. The van der Waals surface area contributed by atoms with Gasteiger partial charge in [0.25, 0.3) is 0 Å².